The number of nitrogens with one attached hydrogen (secondary N) is 1. The molecule has 1 aliphatic rings. The molecular weight excluding hydrogens is 362 g/mol. The highest BCUT2D eigenvalue weighted by Crippen LogP contribution is 2.18. The Hall–Kier alpha value is -2.53. The Morgan fingerprint density at radius 2 is 1.83 bits per heavy atom. The fourth-order valence-corrected chi connectivity index (χ4v) is 3.80. The maximum atomic E-state index is 12.0. The molecule has 0 unspecified atom stereocenters. The van der Waals surface area contributed by atoms with E-state index in [1.807, 2.05) is 12.1 Å². The van der Waals surface area contributed by atoms with Gasteiger partial charge in [0.1, 0.15) is 5.75 Å². The number of benzene rings is 2. The molecule has 0 aliphatic carbocycles. The molecule has 0 saturated carbocycles. The lowest BCUT2D eigenvalue weighted by atomic mass is 10.1. The number of hydrogen-bond acceptors (Lipinski definition) is 4. The topological polar surface area (TPSA) is 55.8 Å². The molecule has 0 atom stereocenters. The van der Waals surface area contributed by atoms with E-state index < -0.39 is 0 Å². The predicted octanol–water partition coefficient (Wildman–Crippen LogP) is 3.35. The molecule has 1 saturated heterocycles. The number of para-hydroxylation sites is 1. The molecule has 2 N–H and O–H groups in total. The monoisotopic (exact) mass is 395 g/mol. The highest BCUT2D eigenvalue weighted by Gasteiger charge is 2.16. The summed E-state index contributed by atoms with van der Waals surface area (Å²) in [5.74, 6) is 0.322. The van der Waals surface area contributed by atoms with E-state index in [-0.39, 0.29) is 11.7 Å². The van der Waals surface area contributed by atoms with Gasteiger partial charge in [-0.05, 0) is 62.1 Å². The summed E-state index contributed by atoms with van der Waals surface area (Å²) >= 11 is 0. The van der Waals surface area contributed by atoms with Crippen molar-refractivity contribution in [3.8, 4) is 5.75 Å². The molecular formula is C24H33N3O2. The number of hydrogen-bond donors (Lipinski definition) is 2. The minimum absolute atomic E-state index is 0.0556. The number of anilines is 1. The normalized spacial score (nSPS) is 14.7. The molecule has 1 amide bonds. The molecule has 2 aromatic carbocycles. The minimum atomic E-state index is 0.0556. The van der Waals surface area contributed by atoms with Crippen LogP contribution in [0.2, 0.25) is 0 Å². The Morgan fingerprint density at radius 3 is 2.59 bits per heavy atom. The fourth-order valence-electron chi connectivity index (χ4n) is 3.80. The second-order valence-electron chi connectivity index (χ2n) is 7.85. The Morgan fingerprint density at radius 1 is 1.03 bits per heavy atom. The lowest BCUT2D eigenvalue weighted by Crippen LogP contribution is -2.46. The molecule has 0 aromatic heterocycles. The number of unbranched alkanes of at least 4 members (excludes halogenated alkanes) is 1. The molecule has 0 radical (unpaired) electrons. The zero-order chi connectivity index (χ0) is 20.5. The standard InChI is InChI=1S/C24H33N3O2/c1-20-7-6-9-22(19-20)27-17-15-26(16-18-27)14-5-4-13-25-24(29)12-11-21-8-2-3-10-23(21)28/h2-3,6-10,19,28H,4-5,11-18H2,1H3,(H,25,29). The summed E-state index contributed by atoms with van der Waals surface area (Å²) < 4.78 is 0. The molecule has 0 bridgehead atoms. The molecule has 1 heterocycles. The van der Waals surface area contributed by atoms with Gasteiger partial charge in [-0.15, -0.1) is 0 Å². The lowest BCUT2D eigenvalue weighted by Gasteiger charge is -2.36. The van der Waals surface area contributed by atoms with Gasteiger partial charge in [0, 0.05) is 44.8 Å². The average molecular weight is 396 g/mol. The van der Waals surface area contributed by atoms with Crippen LogP contribution < -0.4 is 10.2 Å². The Labute approximate surface area is 174 Å². The second-order valence-corrected chi connectivity index (χ2v) is 7.85. The maximum Gasteiger partial charge on any atom is 0.220 e. The highest BCUT2D eigenvalue weighted by molar-refractivity contribution is 5.76. The first kappa shape index (κ1) is 21.2. The average Bonchev–Trinajstić information content (AvgIpc) is 2.73. The number of piperazine rings is 1. The first-order valence-corrected chi connectivity index (χ1v) is 10.7. The molecule has 5 heteroatoms. The fraction of sp³-hybridized carbons (Fsp3) is 0.458. The Bertz CT molecular complexity index is 785. The van der Waals surface area contributed by atoms with E-state index in [1.54, 1.807) is 12.1 Å². The van der Waals surface area contributed by atoms with Crippen LogP contribution in [-0.2, 0) is 11.2 Å². The highest BCUT2D eigenvalue weighted by atomic mass is 16.3. The number of carbonyl (C=O) groups is 1. The zero-order valence-corrected chi connectivity index (χ0v) is 17.4. The summed E-state index contributed by atoms with van der Waals surface area (Å²) in [5, 5.41) is 12.7. The van der Waals surface area contributed by atoms with Gasteiger partial charge >= 0.3 is 0 Å². The van der Waals surface area contributed by atoms with E-state index in [2.05, 4.69) is 46.3 Å². The SMILES string of the molecule is Cc1cccc(N2CCN(CCCCNC(=O)CCc3ccccc3O)CC2)c1. The Kier molecular flexibility index (Phi) is 7.94. The van der Waals surface area contributed by atoms with Crippen molar-refractivity contribution in [3.63, 3.8) is 0 Å². The summed E-state index contributed by atoms with van der Waals surface area (Å²) in [6.45, 7) is 8.31. The largest absolute Gasteiger partial charge is 0.508 e. The predicted molar refractivity (Wildman–Crippen MR) is 119 cm³/mol. The summed E-state index contributed by atoms with van der Waals surface area (Å²) in [6.07, 6.45) is 3.09. The number of aromatic hydroxyl groups is 1. The van der Waals surface area contributed by atoms with Crippen molar-refractivity contribution in [2.45, 2.75) is 32.6 Å². The van der Waals surface area contributed by atoms with Gasteiger partial charge in [-0.2, -0.15) is 0 Å². The van der Waals surface area contributed by atoms with Crippen LogP contribution in [0, 0.1) is 6.92 Å². The lowest BCUT2D eigenvalue weighted by molar-refractivity contribution is -0.121. The van der Waals surface area contributed by atoms with E-state index in [0.29, 0.717) is 12.8 Å². The van der Waals surface area contributed by atoms with Crippen molar-refractivity contribution < 1.29 is 9.90 Å². The van der Waals surface area contributed by atoms with Gasteiger partial charge in [-0.25, -0.2) is 0 Å². The summed E-state index contributed by atoms with van der Waals surface area (Å²) in [5.41, 5.74) is 3.47. The first-order valence-electron chi connectivity index (χ1n) is 10.7. The van der Waals surface area contributed by atoms with Gasteiger partial charge in [0.2, 0.25) is 5.91 Å². The van der Waals surface area contributed by atoms with Crippen LogP contribution >= 0.6 is 0 Å². The zero-order valence-electron chi connectivity index (χ0n) is 17.4. The number of amides is 1. The van der Waals surface area contributed by atoms with E-state index in [0.717, 1.165) is 57.7 Å². The number of nitrogens with zero attached hydrogens (tertiary/aromatic N) is 2. The van der Waals surface area contributed by atoms with Gasteiger partial charge in [-0.3, -0.25) is 9.69 Å². The van der Waals surface area contributed by atoms with Crippen molar-refractivity contribution in [3.05, 3.63) is 59.7 Å². The van der Waals surface area contributed by atoms with Crippen molar-refractivity contribution in [2.24, 2.45) is 0 Å². The van der Waals surface area contributed by atoms with Crippen LogP contribution in [0.3, 0.4) is 0 Å². The third-order valence-electron chi connectivity index (χ3n) is 5.58. The number of rotatable bonds is 9. The van der Waals surface area contributed by atoms with E-state index >= 15 is 0 Å². The second kappa shape index (κ2) is 10.9. The molecule has 2 aromatic rings. The molecule has 5 nitrogen and oxygen atoms in total. The smallest absolute Gasteiger partial charge is 0.220 e. The number of phenols is 1. The van der Waals surface area contributed by atoms with Gasteiger partial charge in [0.25, 0.3) is 0 Å². The van der Waals surface area contributed by atoms with Gasteiger partial charge < -0.3 is 15.3 Å². The van der Waals surface area contributed by atoms with Crippen molar-refractivity contribution in [2.75, 3.05) is 44.2 Å². The summed E-state index contributed by atoms with van der Waals surface area (Å²) in [6, 6.07) is 15.9. The molecule has 1 aliphatic heterocycles. The first-order chi connectivity index (χ1) is 14.1. The Balaban J connectivity index is 1.25. The van der Waals surface area contributed by atoms with Crippen LogP contribution in [0.15, 0.2) is 48.5 Å². The van der Waals surface area contributed by atoms with Crippen LogP contribution in [0.4, 0.5) is 5.69 Å². The van der Waals surface area contributed by atoms with Crippen LogP contribution in [0.1, 0.15) is 30.4 Å². The van der Waals surface area contributed by atoms with Crippen LogP contribution in [0.5, 0.6) is 5.75 Å². The third kappa shape index (κ3) is 6.79. The number of carbonyl (C=O) groups excluding carboxylic acids is 1. The van der Waals surface area contributed by atoms with Crippen LogP contribution in [-0.4, -0.2) is 55.2 Å². The molecule has 29 heavy (non-hydrogen) atoms. The maximum absolute atomic E-state index is 12.0. The summed E-state index contributed by atoms with van der Waals surface area (Å²) in [7, 11) is 0. The van der Waals surface area contributed by atoms with E-state index in [1.165, 1.54) is 11.3 Å². The molecule has 3 rings (SSSR count). The van der Waals surface area contributed by atoms with Crippen molar-refractivity contribution in [1.29, 1.82) is 0 Å². The van der Waals surface area contributed by atoms with Gasteiger partial charge in [0.05, 0.1) is 0 Å². The molecule has 0 spiro atoms. The number of phenolic OH excluding ortho intramolecular Hbond substituents is 1. The van der Waals surface area contributed by atoms with Crippen molar-refractivity contribution >= 4 is 11.6 Å². The van der Waals surface area contributed by atoms with Crippen LogP contribution in [0.25, 0.3) is 0 Å². The quantitative estimate of drug-likeness (QED) is 0.640. The molecule has 1 fully saturated rings. The third-order valence-corrected chi connectivity index (χ3v) is 5.58. The van der Waals surface area contributed by atoms with Gasteiger partial charge in [0.15, 0.2) is 0 Å². The van der Waals surface area contributed by atoms with E-state index in [9.17, 15) is 9.90 Å². The number of aryl methyl sites for hydroxylation is 2. The van der Waals surface area contributed by atoms with E-state index in [4.69, 9.17) is 0 Å². The van der Waals surface area contributed by atoms with Crippen molar-refractivity contribution in [1.82, 2.24) is 10.2 Å². The molecule has 156 valence electrons. The minimum Gasteiger partial charge on any atom is -0.508 e. The summed E-state index contributed by atoms with van der Waals surface area (Å²) in [4.78, 5) is 17.0. The van der Waals surface area contributed by atoms with Gasteiger partial charge in [-0.1, -0.05) is 30.3 Å².